The summed E-state index contributed by atoms with van der Waals surface area (Å²) in [4.78, 5) is 2.37. The summed E-state index contributed by atoms with van der Waals surface area (Å²) in [5.41, 5.74) is 8.75. The summed E-state index contributed by atoms with van der Waals surface area (Å²) in [6.07, 6.45) is 10.1. The van der Waals surface area contributed by atoms with Crippen molar-refractivity contribution in [2.24, 2.45) is 0 Å². The van der Waals surface area contributed by atoms with Gasteiger partial charge in [-0.05, 0) is 95.1 Å². The predicted molar refractivity (Wildman–Crippen MR) is 204 cm³/mol. The van der Waals surface area contributed by atoms with Crippen LogP contribution in [0.25, 0.3) is 28.0 Å². The van der Waals surface area contributed by atoms with Crippen molar-refractivity contribution in [3.8, 4) is 40.2 Å². The van der Waals surface area contributed by atoms with Crippen molar-refractivity contribution in [1.29, 1.82) is 5.26 Å². The molecule has 0 N–H and O–H groups in total. The number of fused-ring (bicyclic) bond motifs is 10. The summed E-state index contributed by atoms with van der Waals surface area (Å²) < 4.78 is 30.7. The molecule has 2 heterocycles. The van der Waals surface area contributed by atoms with Crippen LogP contribution in [0.3, 0.4) is 0 Å². The average molecular weight is 691 g/mol. The molecule has 4 aliphatic rings. The van der Waals surface area contributed by atoms with Crippen molar-refractivity contribution < 1.29 is 23.7 Å². The molecule has 2 fully saturated rings. The Hall–Kier alpha value is -5.45. The Bertz CT molecular complexity index is 2210. The van der Waals surface area contributed by atoms with Crippen molar-refractivity contribution in [3.63, 3.8) is 0 Å². The SMILES string of the molecule is COc1ccc(C2(c3ccc(OC)cc3)C=Cc3c4c(c5cc(N6CCOCC6)c(OC)cc5c3O2)-c2ccc(C#N)cc2C42CCCCC2)cc1. The molecule has 5 aromatic carbocycles. The lowest BCUT2D eigenvalue weighted by molar-refractivity contribution is 0.122. The van der Waals surface area contributed by atoms with E-state index in [2.05, 4.69) is 71.7 Å². The minimum Gasteiger partial charge on any atom is -0.497 e. The number of hydrogen-bond donors (Lipinski definition) is 0. The van der Waals surface area contributed by atoms with Crippen molar-refractivity contribution in [2.75, 3.05) is 52.5 Å². The van der Waals surface area contributed by atoms with Crippen LogP contribution >= 0.6 is 0 Å². The number of anilines is 1. The molecule has 0 unspecified atom stereocenters. The van der Waals surface area contributed by atoms with Gasteiger partial charge in [-0.1, -0.05) is 55.7 Å². The van der Waals surface area contributed by atoms with E-state index in [0.29, 0.717) is 18.8 Å². The number of benzene rings is 5. The molecule has 7 nitrogen and oxygen atoms in total. The van der Waals surface area contributed by atoms with Gasteiger partial charge in [0.1, 0.15) is 23.0 Å². The van der Waals surface area contributed by atoms with Crippen LogP contribution in [-0.4, -0.2) is 47.6 Å². The fourth-order valence-corrected chi connectivity index (χ4v) is 9.34. The standard InChI is InChI=1S/C45H42N2O5/c1-48-32-12-8-30(9-13-32)45(31-10-14-33(49-2)15-11-31)20-17-35-42-41(34-16-7-29(28-46)25-38(34)44(42)18-5-4-6-19-44)36-26-39(47-21-23-51-24-22-47)40(50-3)27-37(36)43(35)52-45/h7-17,20,25-27H,4-6,18-19,21-24H2,1-3H3. The summed E-state index contributed by atoms with van der Waals surface area (Å²) in [5.74, 6) is 3.21. The zero-order valence-corrected chi connectivity index (χ0v) is 30.0. The highest BCUT2D eigenvalue weighted by molar-refractivity contribution is 6.10. The van der Waals surface area contributed by atoms with Crippen LogP contribution < -0.4 is 23.8 Å². The molecule has 9 rings (SSSR count). The number of methoxy groups -OCH3 is 3. The minimum absolute atomic E-state index is 0.221. The van der Waals surface area contributed by atoms with Crippen LogP contribution in [0, 0.1) is 11.3 Å². The van der Waals surface area contributed by atoms with Crippen LogP contribution in [0.2, 0.25) is 0 Å². The van der Waals surface area contributed by atoms with E-state index in [9.17, 15) is 5.26 Å². The lowest BCUT2D eigenvalue weighted by atomic mass is 9.66. The molecule has 2 aliphatic carbocycles. The van der Waals surface area contributed by atoms with E-state index in [1.165, 1.54) is 28.7 Å². The number of ether oxygens (including phenoxy) is 5. The average Bonchev–Trinajstić information content (AvgIpc) is 3.49. The molecular formula is C45H42N2O5. The van der Waals surface area contributed by atoms with E-state index >= 15 is 0 Å². The highest BCUT2D eigenvalue weighted by atomic mass is 16.5. The Morgan fingerprint density at radius 1 is 0.750 bits per heavy atom. The molecule has 0 aromatic heterocycles. The van der Waals surface area contributed by atoms with Crippen LogP contribution in [0.5, 0.6) is 23.0 Å². The monoisotopic (exact) mass is 690 g/mol. The summed E-state index contributed by atoms with van der Waals surface area (Å²) in [5, 5.41) is 12.2. The summed E-state index contributed by atoms with van der Waals surface area (Å²) >= 11 is 0. The largest absolute Gasteiger partial charge is 0.497 e. The van der Waals surface area contributed by atoms with Gasteiger partial charge in [0.05, 0.1) is 51.9 Å². The molecule has 52 heavy (non-hydrogen) atoms. The summed E-state index contributed by atoms with van der Waals surface area (Å²) in [7, 11) is 5.12. The van der Waals surface area contributed by atoms with Crippen molar-refractivity contribution in [1.82, 2.24) is 0 Å². The molecular weight excluding hydrogens is 649 g/mol. The molecule has 0 bridgehead atoms. The van der Waals surface area contributed by atoms with Gasteiger partial charge in [0, 0.05) is 40.6 Å². The molecule has 1 spiro atoms. The van der Waals surface area contributed by atoms with Gasteiger partial charge in [-0.25, -0.2) is 0 Å². The topological polar surface area (TPSA) is 73.2 Å². The van der Waals surface area contributed by atoms with Crippen molar-refractivity contribution in [3.05, 3.63) is 118 Å². The van der Waals surface area contributed by atoms with Gasteiger partial charge < -0.3 is 28.6 Å². The molecule has 1 saturated carbocycles. The predicted octanol–water partition coefficient (Wildman–Crippen LogP) is 9.15. The molecule has 1 saturated heterocycles. The third-order valence-electron chi connectivity index (χ3n) is 11.9. The molecule has 0 amide bonds. The van der Waals surface area contributed by atoms with Gasteiger partial charge in [0.2, 0.25) is 0 Å². The Kier molecular flexibility index (Phi) is 7.89. The second-order valence-electron chi connectivity index (χ2n) is 14.3. The Labute approximate surface area is 304 Å². The number of morpholine rings is 1. The van der Waals surface area contributed by atoms with Gasteiger partial charge >= 0.3 is 0 Å². The highest BCUT2D eigenvalue weighted by Gasteiger charge is 2.49. The zero-order valence-electron chi connectivity index (χ0n) is 30.0. The number of nitrogens with zero attached hydrogens (tertiary/aromatic N) is 2. The van der Waals surface area contributed by atoms with Crippen LogP contribution in [0.1, 0.15) is 65.5 Å². The summed E-state index contributed by atoms with van der Waals surface area (Å²) in [6, 6.07) is 29.6. The number of nitriles is 1. The second-order valence-corrected chi connectivity index (χ2v) is 14.3. The third-order valence-corrected chi connectivity index (χ3v) is 11.9. The maximum Gasteiger partial charge on any atom is 0.178 e. The number of rotatable bonds is 6. The Morgan fingerprint density at radius 2 is 1.42 bits per heavy atom. The first-order valence-electron chi connectivity index (χ1n) is 18.3. The Morgan fingerprint density at radius 3 is 2.04 bits per heavy atom. The molecule has 2 aliphatic heterocycles. The fourth-order valence-electron chi connectivity index (χ4n) is 9.34. The van der Waals surface area contributed by atoms with E-state index in [4.69, 9.17) is 23.7 Å². The van der Waals surface area contributed by atoms with Gasteiger partial charge in [0.25, 0.3) is 0 Å². The second kappa shape index (κ2) is 12.6. The normalized spacial score (nSPS) is 17.8. The molecule has 262 valence electrons. The molecule has 0 radical (unpaired) electrons. The Balaban J connectivity index is 1.37. The lowest BCUT2D eigenvalue weighted by Gasteiger charge is -2.41. The fraction of sp³-hybridized carbons (Fsp3) is 0.311. The minimum atomic E-state index is -0.942. The van der Waals surface area contributed by atoms with E-state index in [1.807, 2.05) is 30.3 Å². The first kappa shape index (κ1) is 32.5. The zero-order chi connectivity index (χ0) is 35.5. The lowest BCUT2D eigenvalue weighted by Crippen LogP contribution is -2.36. The van der Waals surface area contributed by atoms with Crippen molar-refractivity contribution in [2.45, 2.75) is 43.1 Å². The van der Waals surface area contributed by atoms with Gasteiger partial charge in [-0.15, -0.1) is 0 Å². The van der Waals surface area contributed by atoms with E-state index in [0.717, 1.165) is 94.9 Å². The smallest absolute Gasteiger partial charge is 0.178 e. The third kappa shape index (κ3) is 4.81. The van der Waals surface area contributed by atoms with Gasteiger partial charge in [-0.3, -0.25) is 0 Å². The molecule has 5 aromatic rings. The van der Waals surface area contributed by atoms with Gasteiger partial charge in [0.15, 0.2) is 5.60 Å². The van der Waals surface area contributed by atoms with E-state index in [1.54, 1.807) is 21.3 Å². The van der Waals surface area contributed by atoms with E-state index in [-0.39, 0.29) is 5.41 Å². The maximum absolute atomic E-state index is 10.1. The maximum atomic E-state index is 10.1. The quantitative estimate of drug-likeness (QED) is 0.176. The summed E-state index contributed by atoms with van der Waals surface area (Å²) in [6.45, 7) is 2.93. The molecule has 7 heteroatoms. The first-order valence-corrected chi connectivity index (χ1v) is 18.3. The van der Waals surface area contributed by atoms with E-state index < -0.39 is 5.60 Å². The van der Waals surface area contributed by atoms with Crippen LogP contribution in [0.15, 0.2) is 84.9 Å². The first-order chi connectivity index (χ1) is 25.5. The van der Waals surface area contributed by atoms with Crippen LogP contribution in [0.4, 0.5) is 5.69 Å². The number of hydrogen-bond acceptors (Lipinski definition) is 7. The van der Waals surface area contributed by atoms with Crippen LogP contribution in [-0.2, 0) is 15.8 Å². The highest BCUT2D eigenvalue weighted by Crippen LogP contribution is 2.63. The van der Waals surface area contributed by atoms with Gasteiger partial charge in [-0.2, -0.15) is 5.26 Å². The van der Waals surface area contributed by atoms with Crippen molar-refractivity contribution >= 4 is 22.5 Å². The molecule has 0 atom stereocenters.